The average molecular weight is 240 g/mol. The van der Waals surface area contributed by atoms with Crippen LogP contribution in [0, 0.1) is 17.0 Å². The van der Waals surface area contributed by atoms with Gasteiger partial charge in [-0.05, 0) is 29.3 Å². The minimum Gasteiger partial charge on any atom is -0.468 e. The minimum absolute atomic E-state index is 0.0164. The molecule has 1 aromatic heterocycles. The van der Waals surface area contributed by atoms with E-state index >= 15 is 0 Å². The second-order valence-electron chi connectivity index (χ2n) is 4.19. The Bertz CT molecular complexity index is 423. The van der Waals surface area contributed by atoms with E-state index in [1.807, 2.05) is 0 Å². The van der Waals surface area contributed by atoms with E-state index in [1.54, 1.807) is 18.5 Å². The quantitative estimate of drug-likeness (QED) is 0.623. The standard InChI is InChI=1S/C10H16N4O3/c1-7-12-9(14(15)16)10(13(7)2)17-8-4-3-5-11-6-8/h8,11H,3-6H2,1-2H3/t8-/m0/s1. The maximum Gasteiger partial charge on any atom is 0.426 e. The Morgan fingerprint density at radius 2 is 2.41 bits per heavy atom. The van der Waals surface area contributed by atoms with E-state index in [-0.39, 0.29) is 17.8 Å². The molecule has 1 aliphatic heterocycles. The van der Waals surface area contributed by atoms with E-state index in [1.165, 1.54) is 0 Å². The molecule has 0 aliphatic carbocycles. The summed E-state index contributed by atoms with van der Waals surface area (Å²) in [6, 6.07) is 0. The Morgan fingerprint density at radius 3 is 3.00 bits per heavy atom. The number of hydrogen-bond acceptors (Lipinski definition) is 5. The van der Waals surface area contributed by atoms with Crippen molar-refractivity contribution in [3.8, 4) is 5.88 Å². The number of nitrogens with one attached hydrogen (secondary N) is 1. The van der Waals surface area contributed by atoms with Gasteiger partial charge >= 0.3 is 5.82 Å². The maximum atomic E-state index is 10.9. The predicted octanol–water partition coefficient (Wildman–Crippen LogP) is 0.768. The fraction of sp³-hybridized carbons (Fsp3) is 0.700. The molecule has 1 atom stereocenters. The van der Waals surface area contributed by atoms with Gasteiger partial charge in [-0.1, -0.05) is 0 Å². The van der Waals surface area contributed by atoms with Crippen molar-refractivity contribution in [1.29, 1.82) is 0 Å². The van der Waals surface area contributed by atoms with Gasteiger partial charge in [0.05, 0.1) is 0 Å². The van der Waals surface area contributed by atoms with Crippen molar-refractivity contribution in [3.05, 3.63) is 15.9 Å². The third kappa shape index (κ3) is 2.38. The number of piperidine rings is 1. The Morgan fingerprint density at radius 1 is 1.65 bits per heavy atom. The summed E-state index contributed by atoms with van der Waals surface area (Å²) >= 11 is 0. The van der Waals surface area contributed by atoms with Crippen molar-refractivity contribution in [2.75, 3.05) is 13.1 Å². The molecule has 0 aromatic carbocycles. The zero-order valence-electron chi connectivity index (χ0n) is 9.97. The number of rotatable bonds is 3. The SMILES string of the molecule is Cc1nc([N+](=O)[O-])c(O[C@H]2CCCNC2)n1C. The van der Waals surface area contributed by atoms with Crippen molar-refractivity contribution in [3.63, 3.8) is 0 Å². The number of aryl methyl sites for hydroxylation is 1. The molecule has 0 saturated carbocycles. The lowest BCUT2D eigenvalue weighted by Gasteiger charge is -2.23. The second-order valence-corrected chi connectivity index (χ2v) is 4.19. The summed E-state index contributed by atoms with van der Waals surface area (Å²) in [5, 5.41) is 14.1. The number of aromatic nitrogens is 2. The van der Waals surface area contributed by atoms with Crippen LogP contribution >= 0.6 is 0 Å². The van der Waals surface area contributed by atoms with Crippen molar-refractivity contribution in [2.24, 2.45) is 7.05 Å². The van der Waals surface area contributed by atoms with Crippen LogP contribution in [-0.4, -0.2) is 33.7 Å². The molecular weight excluding hydrogens is 224 g/mol. The summed E-state index contributed by atoms with van der Waals surface area (Å²) in [4.78, 5) is 14.3. The van der Waals surface area contributed by atoms with Gasteiger partial charge in [0.2, 0.25) is 5.82 Å². The van der Waals surface area contributed by atoms with E-state index in [9.17, 15) is 10.1 Å². The highest BCUT2D eigenvalue weighted by Crippen LogP contribution is 2.28. The minimum atomic E-state index is -0.501. The van der Waals surface area contributed by atoms with Gasteiger partial charge in [-0.15, -0.1) is 0 Å². The number of nitro groups is 1. The monoisotopic (exact) mass is 240 g/mol. The van der Waals surface area contributed by atoms with Gasteiger partial charge in [0.1, 0.15) is 6.10 Å². The predicted molar refractivity (Wildman–Crippen MR) is 61.1 cm³/mol. The van der Waals surface area contributed by atoms with Crippen LogP contribution in [0.3, 0.4) is 0 Å². The first-order valence-corrected chi connectivity index (χ1v) is 5.64. The van der Waals surface area contributed by atoms with Crippen LogP contribution in [0.25, 0.3) is 0 Å². The molecule has 2 rings (SSSR count). The van der Waals surface area contributed by atoms with E-state index < -0.39 is 4.92 Å². The van der Waals surface area contributed by atoms with Crippen LogP contribution in [0.15, 0.2) is 0 Å². The van der Waals surface area contributed by atoms with Crippen LogP contribution in [0.1, 0.15) is 18.7 Å². The molecule has 7 heteroatoms. The van der Waals surface area contributed by atoms with E-state index in [4.69, 9.17) is 4.74 Å². The zero-order valence-corrected chi connectivity index (χ0v) is 9.97. The molecule has 0 spiro atoms. The molecule has 2 heterocycles. The molecule has 0 unspecified atom stereocenters. The molecule has 0 radical (unpaired) electrons. The average Bonchev–Trinajstić information content (AvgIpc) is 2.59. The Hall–Kier alpha value is -1.63. The number of imidazole rings is 1. The number of hydrogen-bond donors (Lipinski definition) is 1. The molecule has 7 nitrogen and oxygen atoms in total. The molecule has 94 valence electrons. The lowest BCUT2D eigenvalue weighted by molar-refractivity contribution is -0.390. The summed E-state index contributed by atoms with van der Waals surface area (Å²) in [6.45, 7) is 3.42. The molecule has 0 bridgehead atoms. The summed E-state index contributed by atoms with van der Waals surface area (Å²) in [5.74, 6) is 0.632. The van der Waals surface area contributed by atoms with Crippen molar-refractivity contribution >= 4 is 5.82 Å². The van der Waals surface area contributed by atoms with Crippen LogP contribution in [-0.2, 0) is 7.05 Å². The van der Waals surface area contributed by atoms with Crippen LogP contribution in [0.5, 0.6) is 5.88 Å². The highest BCUT2D eigenvalue weighted by molar-refractivity contribution is 5.36. The van der Waals surface area contributed by atoms with Gasteiger partial charge in [0, 0.05) is 20.5 Å². The molecular formula is C10H16N4O3. The van der Waals surface area contributed by atoms with Gasteiger partial charge in [-0.25, -0.2) is 0 Å². The Kier molecular flexibility index (Phi) is 3.28. The number of ether oxygens (including phenoxy) is 1. The van der Waals surface area contributed by atoms with Gasteiger partial charge in [0.15, 0.2) is 0 Å². The fourth-order valence-electron chi connectivity index (χ4n) is 1.90. The lowest BCUT2D eigenvalue weighted by Crippen LogP contribution is -2.37. The van der Waals surface area contributed by atoms with Gasteiger partial charge in [-0.3, -0.25) is 4.57 Å². The van der Waals surface area contributed by atoms with E-state index in [2.05, 4.69) is 10.3 Å². The van der Waals surface area contributed by atoms with Gasteiger partial charge < -0.3 is 20.2 Å². The maximum absolute atomic E-state index is 10.9. The van der Waals surface area contributed by atoms with Gasteiger partial charge in [0.25, 0.3) is 5.88 Å². The Balaban J connectivity index is 2.21. The molecule has 1 aliphatic rings. The summed E-state index contributed by atoms with van der Waals surface area (Å²) in [7, 11) is 1.72. The number of nitrogens with zero attached hydrogens (tertiary/aromatic N) is 3. The molecule has 1 saturated heterocycles. The summed E-state index contributed by atoms with van der Waals surface area (Å²) in [5.41, 5.74) is 0. The second kappa shape index (κ2) is 4.70. The third-order valence-electron chi connectivity index (χ3n) is 2.95. The van der Waals surface area contributed by atoms with E-state index in [0.29, 0.717) is 5.82 Å². The van der Waals surface area contributed by atoms with Crippen LogP contribution in [0.2, 0.25) is 0 Å². The van der Waals surface area contributed by atoms with Crippen molar-refractivity contribution in [1.82, 2.24) is 14.9 Å². The fourth-order valence-corrected chi connectivity index (χ4v) is 1.90. The first-order chi connectivity index (χ1) is 8.09. The molecule has 1 fully saturated rings. The molecule has 17 heavy (non-hydrogen) atoms. The lowest BCUT2D eigenvalue weighted by atomic mass is 10.1. The topological polar surface area (TPSA) is 82.2 Å². The smallest absolute Gasteiger partial charge is 0.426 e. The van der Waals surface area contributed by atoms with Crippen molar-refractivity contribution in [2.45, 2.75) is 25.9 Å². The summed E-state index contributed by atoms with van der Waals surface area (Å²) < 4.78 is 7.31. The van der Waals surface area contributed by atoms with Crippen LogP contribution in [0.4, 0.5) is 5.82 Å². The first kappa shape index (κ1) is 11.8. The third-order valence-corrected chi connectivity index (χ3v) is 2.95. The molecule has 1 aromatic rings. The summed E-state index contributed by atoms with van der Waals surface area (Å²) in [6.07, 6.45) is 1.92. The first-order valence-electron chi connectivity index (χ1n) is 5.64. The largest absolute Gasteiger partial charge is 0.468 e. The van der Waals surface area contributed by atoms with E-state index in [0.717, 1.165) is 25.9 Å². The zero-order chi connectivity index (χ0) is 12.4. The highest BCUT2D eigenvalue weighted by Gasteiger charge is 2.28. The van der Waals surface area contributed by atoms with Crippen LogP contribution < -0.4 is 10.1 Å². The Labute approximate surface area is 98.9 Å². The molecule has 1 N–H and O–H groups in total. The normalized spacial score (nSPS) is 20.2. The highest BCUT2D eigenvalue weighted by atomic mass is 16.6. The molecule has 0 amide bonds. The van der Waals surface area contributed by atoms with Gasteiger partial charge in [-0.2, -0.15) is 0 Å². The van der Waals surface area contributed by atoms with Crippen molar-refractivity contribution < 1.29 is 9.66 Å².